The first kappa shape index (κ1) is 15.6. The summed E-state index contributed by atoms with van der Waals surface area (Å²) in [5.41, 5.74) is 2.83. The Kier molecular flexibility index (Phi) is 4.63. The normalized spacial score (nSPS) is 18.6. The molecule has 4 heteroatoms. The summed E-state index contributed by atoms with van der Waals surface area (Å²) >= 11 is 1.65. The Morgan fingerprint density at radius 2 is 1.57 bits per heavy atom. The average molecular weight is 326 g/mol. The zero-order valence-corrected chi connectivity index (χ0v) is 13.1. The lowest BCUT2D eigenvalue weighted by molar-refractivity contribution is -0.112. The summed E-state index contributed by atoms with van der Waals surface area (Å²) in [5, 5.41) is 9.51. The third-order valence-electron chi connectivity index (χ3n) is 3.50. The number of phenolic OH excluding ortho intramolecular Hbond substituents is 1. The Hall–Kier alpha value is -2.33. The van der Waals surface area contributed by atoms with Crippen LogP contribution >= 0.6 is 11.8 Å². The van der Waals surface area contributed by atoms with Crippen molar-refractivity contribution in [3.05, 3.63) is 76.6 Å². The third kappa shape index (κ3) is 3.90. The van der Waals surface area contributed by atoms with Gasteiger partial charge in [-0.1, -0.05) is 24.3 Å². The van der Waals surface area contributed by atoms with Gasteiger partial charge in [0.1, 0.15) is 11.6 Å². The van der Waals surface area contributed by atoms with Crippen molar-refractivity contribution in [2.24, 2.45) is 0 Å². The van der Waals surface area contributed by atoms with E-state index in [0.29, 0.717) is 28.2 Å². The zero-order valence-electron chi connectivity index (χ0n) is 12.3. The van der Waals surface area contributed by atoms with Crippen molar-refractivity contribution in [1.82, 2.24) is 0 Å². The fourth-order valence-electron chi connectivity index (χ4n) is 2.44. The lowest BCUT2D eigenvalue weighted by Crippen LogP contribution is -2.16. The first-order valence-corrected chi connectivity index (χ1v) is 8.35. The average Bonchev–Trinajstić information content (AvgIpc) is 2.51. The predicted octanol–water partition coefficient (Wildman–Crippen LogP) is 4.31. The first-order valence-electron chi connectivity index (χ1n) is 7.20. The zero-order chi connectivity index (χ0) is 16.2. The molecule has 0 unspecified atom stereocenters. The fraction of sp³-hybridized carbons (Fsp3) is 0.105. The Morgan fingerprint density at radius 1 is 0.957 bits per heavy atom. The summed E-state index contributed by atoms with van der Waals surface area (Å²) in [5.74, 6) is 1.09. The summed E-state index contributed by atoms with van der Waals surface area (Å²) in [4.78, 5) is 12.6. The van der Waals surface area contributed by atoms with E-state index in [1.165, 1.54) is 12.1 Å². The maximum absolute atomic E-state index is 13.3. The second-order valence-corrected chi connectivity index (χ2v) is 6.30. The Bertz CT molecular complexity index is 743. The van der Waals surface area contributed by atoms with Crippen molar-refractivity contribution in [3.63, 3.8) is 0 Å². The first-order chi connectivity index (χ1) is 11.1. The van der Waals surface area contributed by atoms with Crippen LogP contribution in [0.1, 0.15) is 11.1 Å². The van der Waals surface area contributed by atoms with Crippen molar-refractivity contribution in [2.45, 2.75) is 0 Å². The van der Waals surface area contributed by atoms with Crippen molar-refractivity contribution < 1.29 is 14.3 Å². The summed E-state index contributed by atoms with van der Waals surface area (Å²) in [6.07, 6.45) is 3.54. The molecule has 116 valence electrons. The second-order valence-electron chi connectivity index (χ2n) is 5.31. The largest absolute Gasteiger partial charge is 0.508 e. The van der Waals surface area contributed by atoms with Gasteiger partial charge in [0.05, 0.1) is 0 Å². The lowest BCUT2D eigenvalue weighted by atomic mass is 10.0. The van der Waals surface area contributed by atoms with E-state index in [1.54, 1.807) is 54.2 Å². The molecule has 1 aliphatic heterocycles. The van der Waals surface area contributed by atoms with Crippen LogP contribution < -0.4 is 0 Å². The van der Waals surface area contributed by atoms with Crippen LogP contribution in [0.15, 0.2) is 59.7 Å². The molecule has 2 aromatic rings. The molecule has 23 heavy (non-hydrogen) atoms. The van der Waals surface area contributed by atoms with Gasteiger partial charge in [0.15, 0.2) is 5.78 Å². The number of thioether (sulfide) groups is 1. The highest BCUT2D eigenvalue weighted by Gasteiger charge is 2.20. The van der Waals surface area contributed by atoms with Crippen molar-refractivity contribution in [3.8, 4) is 5.75 Å². The van der Waals surface area contributed by atoms with Crippen LogP contribution in [0, 0.1) is 5.82 Å². The van der Waals surface area contributed by atoms with Crippen molar-refractivity contribution in [2.75, 3.05) is 11.5 Å². The highest BCUT2D eigenvalue weighted by atomic mass is 32.2. The minimum absolute atomic E-state index is 0.0173. The molecular formula is C19H15FO2S. The molecule has 0 aromatic heterocycles. The van der Waals surface area contributed by atoms with Crippen LogP contribution in [0.4, 0.5) is 4.39 Å². The maximum atomic E-state index is 13.3. The van der Waals surface area contributed by atoms with Gasteiger partial charge >= 0.3 is 0 Å². The number of phenols is 1. The number of benzene rings is 2. The van der Waals surface area contributed by atoms with Gasteiger partial charge in [-0.3, -0.25) is 4.79 Å². The second kappa shape index (κ2) is 6.84. The van der Waals surface area contributed by atoms with Crippen LogP contribution in [-0.2, 0) is 4.79 Å². The molecular weight excluding hydrogens is 311 g/mol. The highest BCUT2D eigenvalue weighted by Crippen LogP contribution is 2.27. The smallest absolute Gasteiger partial charge is 0.186 e. The van der Waals surface area contributed by atoms with E-state index in [9.17, 15) is 14.3 Å². The topological polar surface area (TPSA) is 37.3 Å². The number of halogens is 1. The van der Waals surface area contributed by atoms with Crippen LogP contribution in [0.2, 0.25) is 0 Å². The molecule has 1 fully saturated rings. The number of carbonyl (C=O) groups is 1. The Balaban J connectivity index is 1.89. The molecule has 1 N–H and O–H groups in total. The number of Topliss-reactive ketones (excluding diaryl/α,β-unsaturated/α-hetero) is 1. The monoisotopic (exact) mass is 326 g/mol. The summed E-state index contributed by atoms with van der Waals surface area (Å²) < 4.78 is 13.3. The molecule has 0 radical (unpaired) electrons. The van der Waals surface area contributed by atoms with E-state index < -0.39 is 0 Å². The number of hydrogen-bond acceptors (Lipinski definition) is 3. The van der Waals surface area contributed by atoms with E-state index in [4.69, 9.17) is 0 Å². The summed E-state index contributed by atoms with van der Waals surface area (Å²) in [6, 6.07) is 13.0. The minimum Gasteiger partial charge on any atom is -0.508 e. The van der Waals surface area contributed by atoms with E-state index >= 15 is 0 Å². The summed E-state index contributed by atoms with van der Waals surface area (Å²) in [7, 11) is 0. The Labute approximate surface area is 138 Å². The maximum Gasteiger partial charge on any atom is 0.186 e. The molecule has 0 spiro atoms. The molecule has 0 saturated carbocycles. The number of carbonyl (C=O) groups excluding carboxylic acids is 1. The third-order valence-corrected chi connectivity index (χ3v) is 4.53. The number of aromatic hydroxyl groups is 1. The predicted molar refractivity (Wildman–Crippen MR) is 92.8 cm³/mol. The molecule has 0 amide bonds. The van der Waals surface area contributed by atoms with Gasteiger partial charge < -0.3 is 5.11 Å². The lowest BCUT2D eigenvalue weighted by Gasteiger charge is -2.16. The number of hydrogen-bond donors (Lipinski definition) is 1. The molecule has 0 atom stereocenters. The van der Waals surface area contributed by atoms with Crippen LogP contribution in [0.5, 0.6) is 5.75 Å². The van der Waals surface area contributed by atoms with E-state index in [2.05, 4.69) is 0 Å². The molecule has 0 bridgehead atoms. The molecule has 0 aliphatic carbocycles. The van der Waals surface area contributed by atoms with Crippen LogP contribution in [0.25, 0.3) is 12.2 Å². The van der Waals surface area contributed by atoms with Crippen LogP contribution in [-0.4, -0.2) is 22.4 Å². The molecule has 1 saturated heterocycles. The van der Waals surface area contributed by atoms with E-state index in [-0.39, 0.29) is 17.3 Å². The van der Waals surface area contributed by atoms with Gasteiger partial charge in [0, 0.05) is 22.7 Å². The van der Waals surface area contributed by atoms with Gasteiger partial charge in [-0.2, -0.15) is 11.8 Å². The van der Waals surface area contributed by atoms with Gasteiger partial charge in [0.25, 0.3) is 0 Å². The van der Waals surface area contributed by atoms with Crippen LogP contribution in [0.3, 0.4) is 0 Å². The standard InChI is InChI=1S/C19H15FO2S/c20-17-5-1-3-13(9-17)7-15-11-23-12-16(19(15)22)8-14-4-2-6-18(21)10-14/h1-10,21H,11-12H2/b15-7+,16-8+. The fourth-order valence-corrected chi connectivity index (χ4v) is 3.41. The van der Waals surface area contributed by atoms with Gasteiger partial charge in [0.2, 0.25) is 0 Å². The molecule has 2 aromatic carbocycles. The minimum atomic E-state index is -0.314. The van der Waals surface area contributed by atoms with E-state index in [0.717, 1.165) is 5.56 Å². The molecule has 1 aliphatic rings. The van der Waals surface area contributed by atoms with E-state index in [1.807, 2.05) is 6.07 Å². The van der Waals surface area contributed by atoms with Gasteiger partial charge in [-0.25, -0.2) is 4.39 Å². The SMILES string of the molecule is O=C1/C(=C/c2cccc(O)c2)CSC/C1=C\c1cccc(F)c1. The van der Waals surface area contributed by atoms with Gasteiger partial charge in [-0.15, -0.1) is 0 Å². The molecule has 2 nitrogen and oxygen atoms in total. The number of rotatable bonds is 2. The van der Waals surface area contributed by atoms with Crippen molar-refractivity contribution in [1.29, 1.82) is 0 Å². The highest BCUT2D eigenvalue weighted by molar-refractivity contribution is 7.99. The molecule has 1 heterocycles. The number of ketones is 1. The summed E-state index contributed by atoms with van der Waals surface area (Å²) in [6.45, 7) is 0. The molecule has 3 rings (SSSR count). The van der Waals surface area contributed by atoms with Crippen molar-refractivity contribution >= 4 is 29.7 Å². The Morgan fingerprint density at radius 3 is 2.17 bits per heavy atom. The van der Waals surface area contributed by atoms with Gasteiger partial charge in [-0.05, 0) is 47.5 Å². The quantitative estimate of drug-likeness (QED) is 0.836.